The minimum atomic E-state index is 0.569. The van der Waals surface area contributed by atoms with Crippen molar-refractivity contribution in [1.29, 1.82) is 0 Å². The van der Waals surface area contributed by atoms with Gasteiger partial charge in [0.2, 0.25) is 0 Å². The molecule has 1 unspecified atom stereocenters. The standard InChI is InChI=1S/C12H20N4/c1-9(10-4-5-10)16(3)12-8-14-7-11(15-12)6-13-2/h7-10,13H,4-6H2,1-3H3. The molecule has 1 saturated carbocycles. The van der Waals surface area contributed by atoms with Crippen LogP contribution in [0.15, 0.2) is 12.4 Å². The topological polar surface area (TPSA) is 41.1 Å². The Labute approximate surface area is 97.1 Å². The van der Waals surface area contributed by atoms with Crippen molar-refractivity contribution in [3.8, 4) is 0 Å². The normalized spacial score (nSPS) is 17.2. The number of rotatable bonds is 5. The van der Waals surface area contributed by atoms with E-state index >= 15 is 0 Å². The predicted molar refractivity (Wildman–Crippen MR) is 65.4 cm³/mol. The Hall–Kier alpha value is -1.16. The summed E-state index contributed by atoms with van der Waals surface area (Å²) in [6, 6.07) is 0.569. The highest BCUT2D eigenvalue weighted by molar-refractivity contribution is 5.37. The summed E-state index contributed by atoms with van der Waals surface area (Å²) < 4.78 is 0. The lowest BCUT2D eigenvalue weighted by molar-refractivity contribution is 0.601. The van der Waals surface area contributed by atoms with Crippen molar-refractivity contribution >= 4 is 5.82 Å². The average Bonchev–Trinajstić information content (AvgIpc) is 3.12. The van der Waals surface area contributed by atoms with Crippen molar-refractivity contribution in [2.75, 3.05) is 19.0 Å². The third kappa shape index (κ3) is 2.50. The van der Waals surface area contributed by atoms with Crippen molar-refractivity contribution in [3.05, 3.63) is 18.1 Å². The molecule has 0 amide bonds. The van der Waals surface area contributed by atoms with Crippen molar-refractivity contribution in [2.45, 2.75) is 32.4 Å². The summed E-state index contributed by atoms with van der Waals surface area (Å²) in [7, 11) is 4.03. The minimum absolute atomic E-state index is 0.569. The lowest BCUT2D eigenvalue weighted by Crippen LogP contribution is -2.31. The molecule has 1 N–H and O–H groups in total. The van der Waals surface area contributed by atoms with E-state index in [1.54, 1.807) is 0 Å². The summed E-state index contributed by atoms with van der Waals surface area (Å²) in [4.78, 5) is 11.1. The summed E-state index contributed by atoms with van der Waals surface area (Å²) in [6.45, 7) is 3.04. The highest BCUT2D eigenvalue weighted by Crippen LogP contribution is 2.35. The summed E-state index contributed by atoms with van der Waals surface area (Å²) in [5, 5.41) is 3.09. The van der Waals surface area contributed by atoms with Gasteiger partial charge >= 0.3 is 0 Å². The lowest BCUT2D eigenvalue weighted by Gasteiger charge is -2.25. The van der Waals surface area contributed by atoms with E-state index in [-0.39, 0.29) is 0 Å². The lowest BCUT2D eigenvalue weighted by atomic mass is 10.2. The van der Waals surface area contributed by atoms with Gasteiger partial charge in [-0.3, -0.25) is 4.98 Å². The number of aromatic nitrogens is 2. The van der Waals surface area contributed by atoms with E-state index < -0.39 is 0 Å². The van der Waals surface area contributed by atoms with Gasteiger partial charge in [-0.15, -0.1) is 0 Å². The van der Waals surface area contributed by atoms with Crippen LogP contribution < -0.4 is 10.2 Å². The third-order valence-corrected chi connectivity index (χ3v) is 3.31. The molecule has 1 aromatic heterocycles. The second-order valence-corrected chi connectivity index (χ2v) is 4.59. The number of nitrogens with zero attached hydrogens (tertiary/aromatic N) is 3. The molecule has 88 valence electrons. The fraction of sp³-hybridized carbons (Fsp3) is 0.667. The smallest absolute Gasteiger partial charge is 0.147 e. The second kappa shape index (κ2) is 4.78. The Balaban J connectivity index is 2.09. The highest BCUT2D eigenvalue weighted by atomic mass is 15.2. The van der Waals surface area contributed by atoms with Gasteiger partial charge in [-0.1, -0.05) is 0 Å². The Morgan fingerprint density at radius 2 is 2.25 bits per heavy atom. The van der Waals surface area contributed by atoms with E-state index in [1.165, 1.54) is 12.8 Å². The van der Waals surface area contributed by atoms with Crippen molar-refractivity contribution in [3.63, 3.8) is 0 Å². The number of anilines is 1. The fourth-order valence-electron chi connectivity index (χ4n) is 1.93. The highest BCUT2D eigenvalue weighted by Gasteiger charge is 2.31. The molecule has 0 spiro atoms. The van der Waals surface area contributed by atoms with Gasteiger partial charge in [-0.2, -0.15) is 0 Å². The van der Waals surface area contributed by atoms with Gasteiger partial charge in [0.25, 0.3) is 0 Å². The molecule has 0 aliphatic heterocycles. The Bertz CT molecular complexity index is 349. The Morgan fingerprint density at radius 1 is 1.50 bits per heavy atom. The molecule has 2 rings (SSSR count). The van der Waals surface area contributed by atoms with Crippen molar-refractivity contribution in [2.24, 2.45) is 5.92 Å². The molecular formula is C12H20N4. The first-order valence-corrected chi connectivity index (χ1v) is 5.90. The van der Waals surface area contributed by atoms with Crippen LogP contribution in [0.5, 0.6) is 0 Å². The molecular weight excluding hydrogens is 200 g/mol. The maximum Gasteiger partial charge on any atom is 0.147 e. The largest absolute Gasteiger partial charge is 0.355 e. The molecule has 1 fully saturated rings. The van der Waals surface area contributed by atoms with Gasteiger partial charge in [0.15, 0.2) is 0 Å². The van der Waals surface area contributed by atoms with Gasteiger partial charge in [0.05, 0.1) is 11.9 Å². The maximum absolute atomic E-state index is 4.59. The first kappa shape index (κ1) is 11.3. The summed E-state index contributed by atoms with van der Waals surface area (Å²) in [5.74, 6) is 1.83. The predicted octanol–water partition coefficient (Wildman–Crippen LogP) is 1.43. The molecule has 1 aromatic rings. The van der Waals surface area contributed by atoms with Gasteiger partial charge in [-0.25, -0.2) is 4.98 Å². The first-order chi connectivity index (χ1) is 7.72. The van der Waals surface area contributed by atoms with E-state index in [9.17, 15) is 0 Å². The van der Waals surface area contributed by atoms with Crippen LogP contribution in [0.25, 0.3) is 0 Å². The van der Waals surface area contributed by atoms with Gasteiger partial charge in [0.1, 0.15) is 5.82 Å². The zero-order valence-corrected chi connectivity index (χ0v) is 10.3. The van der Waals surface area contributed by atoms with Crippen LogP contribution in [0, 0.1) is 5.92 Å². The zero-order valence-electron chi connectivity index (χ0n) is 10.3. The Morgan fingerprint density at radius 3 is 2.88 bits per heavy atom. The van der Waals surface area contributed by atoms with Crippen LogP contribution in [0.4, 0.5) is 5.82 Å². The Kier molecular flexibility index (Phi) is 3.39. The molecule has 1 aliphatic carbocycles. The van der Waals surface area contributed by atoms with Crippen molar-refractivity contribution < 1.29 is 0 Å². The number of hydrogen-bond acceptors (Lipinski definition) is 4. The molecule has 0 aromatic carbocycles. The van der Waals surface area contributed by atoms with E-state index in [4.69, 9.17) is 0 Å². The maximum atomic E-state index is 4.59. The molecule has 4 heteroatoms. The number of hydrogen-bond donors (Lipinski definition) is 1. The molecule has 1 atom stereocenters. The van der Waals surface area contributed by atoms with Crippen LogP contribution in [0.2, 0.25) is 0 Å². The van der Waals surface area contributed by atoms with E-state index in [2.05, 4.69) is 34.2 Å². The molecule has 4 nitrogen and oxygen atoms in total. The molecule has 0 bridgehead atoms. The molecule has 0 radical (unpaired) electrons. The molecule has 1 heterocycles. The van der Waals surface area contributed by atoms with Gasteiger partial charge < -0.3 is 10.2 Å². The number of nitrogens with one attached hydrogen (secondary N) is 1. The van der Waals surface area contributed by atoms with Crippen LogP contribution in [-0.4, -0.2) is 30.1 Å². The molecule has 0 saturated heterocycles. The third-order valence-electron chi connectivity index (χ3n) is 3.31. The van der Waals surface area contributed by atoms with Crippen LogP contribution in [0.3, 0.4) is 0 Å². The average molecular weight is 220 g/mol. The SMILES string of the molecule is CNCc1cncc(N(C)C(C)C2CC2)n1. The van der Waals surface area contributed by atoms with Crippen LogP contribution in [0.1, 0.15) is 25.5 Å². The molecule has 1 aliphatic rings. The summed E-state index contributed by atoms with van der Waals surface area (Å²) in [6.07, 6.45) is 6.37. The minimum Gasteiger partial charge on any atom is -0.355 e. The van der Waals surface area contributed by atoms with E-state index in [0.717, 1.165) is 24.0 Å². The van der Waals surface area contributed by atoms with E-state index in [1.807, 2.05) is 19.4 Å². The second-order valence-electron chi connectivity index (χ2n) is 4.59. The summed E-state index contributed by atoms with van der Waals surface area (Å²) in [5.41, 5.74) is 0.995. The monoisotopic (exact) mass is 220 g/mol. The fourth-order valence-corrected chi connectivity index (χ4v) is 1.93. The van der Waals surface area contributed by atoms with Gasteiger partial charge in [0, 0.05) is 25.8 Å². The zero-order chi connectivity index (χ0) is 11.5. The first-order valence-electron chi connectivity index (χ1n) is 5.90. The van der Waals surface area contributed by atoms with E-state index in [0.29, 0.717) is 6.04 Å². The molecule has 16 heavy (non-hydrogen) atoms. The van der Waals surface area contributed by atoms with Crippen LogP contribution in [-0.2, 0) is 6.54 Å². The van der Waals surface area contributed by atoms with Crippen molar-refractivity contribution in [1.82, 2.24) is 15.3 Å². The quantitative estimate of drug-likeness (QED) is 0.815. The van der Waals surface area contributed by atoms with Crippen LogP contribution >= 0.6 is 0 Å². The van der Waals surface area contributed by atoms with Gasteiger partial charge in [-0.05, 0) is 32.7 Å². The summed E-state index contributed by atoms with van der Waals surface area (Å²) >= 11 is 0.